The Bertz CT molecular complexity index is 920. The van der Waals surface area contributed by atoms with Crippen molar-refractivity contribution in [3.05, 3.63) is 60.0 Å². The Balaban J connectivity index is 1.32. The second-order valence-electron chi connectivity index (χ2n) is 7.22. The number of oxazole rings is 1. The fourth-order valence-corrected chi connectivity index (χ4v) is 3.71. The zero-order chi connectivity index (χ0) is 19.3. The second kappa shape index (κ2) is 8.44. The SMILES string of the molecule is COc1cccc(CNC(=O)CN2CCC[C@@H](c3nc4ccccc4o3)C2)c1. The highest BCUT2D eigenvalue weighted by Crippen LogP contribution is 2.28. The summed E-state index contributed by atoms with van der Waals surface area (Å²) in [6.45, 7) is 2.60. The molecule has 1 aliphatic rings. The van der Waals surface area contributed by atoms with Crippen LogP contribution < -0.4 is 10.1 Å². The molecule has 1 aliphatic heterocycles. The van der Waals surface area contributed by atoms with E-state index in [0.717, 1.165) is 54.2 Å². The lowest BCUT2D eigenvalue weighted by atomic mass is 9.98. The van der Waals surface area contributed by atoms with Crippen molar-refractivity contribution < 1.29 is 13.9 Å². The van der Waals surface area contributed by atoms with Crippen molar-refractivity contribution in [2.24, 2.45) is 0 Å². The Morgan fingerprint density at radius 1 is 1.29 bits per heavy atom. The summed E-state index contributed by atoms with van der Waals surface area (Å²) in [7, 11) is 1.64. The number of ether oxygens (including phenoxy) is 1. The van der Waals surface area contributed by atoms with E-state index in [0.29, 0.717) is 13.1 Å². The van der Waals surface area contributed by atoms with E-state index in [4.69, 9.17) is 9.15 Å². The van der Waals surface area contributed by atoms with Crippen LogP contribution in [0, 0.1) is 0 Å². The topological polar surface area (TPSA) is 67.6 Å². The minimum absolute atomic E-state index is 0.0287. The Morgan fingerprint density at radius 2 is 2.18 bits per heavy atom. The van der Waals surface area contributed by atoms with Crippen LogP contribution in [0.3, 0.4) is 0 Å². The van der Waals surface area contributed by atoms with Gasteiger partial charge >= 0.3 is 0 Å². The highest BCUT2D eigenvalue weighted by molar-refractivity contribution is 5.78. The maximum absolute atomic E-state index is 12.4. The molecule has 1 aromatic heterocycles. The van der Waals surface area contributed by atoms with Gasteiger partial charge in [-0.15, -0.1) is 0 Å². The molecule has 1 N–H and O–H groups in total. The van der Waals surface area contributed by atoms with E-state index in [9.17, 15) is 4.79 Å². The summed E-state index contributed by atoms with van der Waals surface area (Å²) in [6, 6.07) is 15.6. The molecule has 4 rings (SSSR count). The Kier molecular flexibility index (Phi) is 5.58. The molecule has 0 radical (unpaired) electrons. The van der Waals surface area contributed by atoms with Crippen molar-refractivity contribution in [2.45, 2.75) is 25.3 Å². The third-order valence-corrected chi connectivity index (χ3v) is 5.16. The molecule has 28 heavy (non-hydrogen) atoms. The maximum atomic E-state index is 12.4. The quantitative estimate of drug-likeness (QED) is 0.712. The van der Waals surface area contributed by atoms with Gasteiger partial charge in [0.05, 0.1) is 13.7 Å². The van der Waals surface area contributed by atoms with Crippen LogP contribution in [-0.2, 0) is 11.3 Å². The molecule has 1 atom stereocenters. The summed E-state index contributed by atoms with van der Waals surface area (Å²) in [5.41, 5.74) is 2.74. The van der Waals surface area contributed by atoms with Gasteiger partial charge in [0.25, 0.3) is 0 Å². The molecule has 0 bridgehead atoms. The average Bonchev–Trinajstić information content (AvgIpc) is 3.17. The number of nitrogens with one attached hydrogen (secondary N) is 1. The number of hydrogen-bond donors (Lipinski definition) is 1. The molecule has 1 fully saturated rings. The summed E-state index contributed by atoms with van der Waals surface area (Å²) < 4.78 is 11.2. The molecule has 6 nitrogen and oxygen atoms in total. The fraction of sp³-hybridized carbons (Fsp3) is 0.364. The lowest BCUT2D eigenvalue weighted by molar-refractivity contribution is -0.122. The summed E-state index contributed by atoms with van der Waals surface area (Å²) in [4.78, 5) is 19.2. The van der Waals surface area contributed by atoms with E-state index in [1.807, 2.05) is 48.5 Å². The Morgan fingerprint density at radius 3 is 3.04 bits per heavy atom. The molecule has 2 aromatic carbocycles. The van der Waals surface area contributed by atoms with Crippen molar-refractivity contribution in [3.63, 3.8) is 0 Å². The molecule has 146 valence electrons. The third kappa shape index (κ3) is 4.34. The first-order valence-electron chi connectivity index (χ1n) is 9.69. The number of likely N-dealkylation sites (tertiary alicyclic amines) is 1. The predicted molar refractivity (Wildman–Crippen MR) is 107 cm³/mol. The minimum Gasteiger partial charge on any atom is -0.497 e. The number of para-hydroxylation sites is 2. The predicted octanol–water partition coefficient (Wildman–Crippen LogP) is 3.33. The van der Waals surface area contributed by atoms with Gasteiger partial charge in [0.2, 0.25) is 5.91 Å². The number of benzene rings is 2. The van der Waals surface area contributed by atoms with Crippen LogP contribution in [0.4, 0.5) is 0 Å². The average molecular weight is 379 g/mol. The van der Waals surface area contributed by atoms with Gasteiger partial charge in [-0.1, -0.05) is 24.3 Å². The number of amides is 1. The first-order valence-corrected chi connectivity index (χ1v) is 9.69. The first kappa shape index (κ1) is 18.5. The van der Waals surface area contributed by atoms with Gasteiger partial charge in [-0.3, -0.25) is 9.69 Å². The normalized spacial score (nSPS) is 17.5. The lowest BCUT2D eigenvalue weighted by Gasteiger charge is -2.30. The molecular formula is C22H25N3O3. The fourth-order valence-electron chi connectivity index (χ4n) is 3.71. The molecule has 1 amide bonds. The number of aromatic nitrogens is 1. The van der Waals surface area contributed by atoms with Crippen LogP contribution in [0.25, 0.3) is 11.1 Å². The number of nitrogens with zero attached hydrogens (tertiary/aromatic N) is 2. The first-order chi connectivity index (χ1) is 13.7. The van der Waals surface area contributed by atoms with E-state index in [1.54, 1.807) is 7.11 Å². The smallest absolute Gasteiger partial charge is 0.234 e. The number of carbonyl (C=O) groups excluding carboxylic acids is 1. The molecule has 0 unspecified atom stereocenters. The number of piperidine rings is 1. The van der Waals surface area contributed by atoms with Crippen molar-refractivity contribution in [1.82, 2.24) is 15.2 Å². The molecule has 0 saturated carbocycles. The molecular weight excluding hydrogens is 354 g/mol. The zero-order valence-electron chi connectivity index (χ0n) is 16.1. The third-order valence-electron chi connectivity index (χ3n) is 5.16. The number of rotatable bonds is 6. The van der Waals surface area contributed by atoms with Gasteiger partial charge in [-0.2, -0.15) is 0 Å². The van der Waals surface area contributed by atoms with Gasteiger partial charge in [-0.25, -0.2) is 4.98 Å². The zero-order valence-corrected chi connectivity index (χ0v) is 16.1. The van der Waals surface area contributed by atoms with Crippen LogP contribution in [0.15, 0.2) is 52.9 Å². The van der Waals surface area contributed by atoms with Gasteiger partial charge < -0.3 is 14.5 Å². The summed E-state index contributed by atoms with van der Waals surface area (Å²) >= 11 is 0. The lowest BCUT2D eigenvalue weighted by Crippen LogP contribution is -2.41. The van der Waals surface area contributed by atoms with Crippen LogP contribution in [-0.4, -0.2) is 42.5 Å². The standard InChI is InChI=1S/C22H25N3O3/c1-27-18-8-4-6-16(12-18)13-23-21(26)15-25-11-5-7-17(14-25)22-24-19-9-2-3-10-20(19)28-22/h2-4,6,8-10,12,17H,5,7,11,13-15H2,1H3,(H,23,26)/t17-/m1/s1. The van der Waals surface area contributed by atoms with Gasteiger partial charge in [0.1, 0.15) is 11.3 Å². The molecule has 0 spiro atoms. The van der Waals surface area contributed by atoms with E-state index < -0.39 is 0 Å². The Labute approximate surface area is 164 Å². The van der Waals surface area contributed by atoms with Crippen molar-refractivity contribution >= 4 is 17.0 Å². The van der Waals surface area contributed by atoms with Crippen LogP contribution >= 0.6 is 0 Å². The monoisotopic (exact) mass is 379 g/mol. The van der Waals surface area contributed by atoms with Crippen molar-refractivity contribution in [3.8, 4) is 5.75 Å². The highest BCUT2D eigenvalue weighted by Gasteiger charge is 2.26. The van der Waals surface area contributed by atoms with Crippen molar-refractivity contribution in [2.75, 3.05) is 26.7 Å². The molecule has 1 saturated heterocycles. The Hall–Kier alpha value is -2.86. The molecule has 6 heteroatoms. The molecule has 3 aromatic rings. The van der Waals surface area contributed by atoms with E-state index in [1.165, 1.54) is 0 Å². The summed E-state index contributed by atoms with van der Waals surface area (Å²) in [5, 5.41) is 3.00. The van der Waals surface area contributed by atoms with Gasteiger partial charge in [0.15, 0.2) is 11.5 Å². The summed E-state index contributed by atoms with van der Waals surface area (Å²) in [5.74, 6) is 1.83. The number of methoxy groups -OCH3 is 1. The number of carbonyl (C=O) groups is 1. The molecule has 0 aliphatic carbocycles. The highest BCUT2D eigenvalue weighted by atomic mass is 16.5. The van der Waals surface area contributed by atoms with E-state index in [-0.39, 0.29) is 11.8 Å². The van der Waals surface area contributed by atoms with Crippen LogP contribution in [0.2, 0.25) is 0 Å². The van der Waals surface area contributed by atoms with Gasteiger partial charge in [-0.05, 0) is 49.2 Å². The van der Waals surface area contributed by atoms with Crippen LogP contribution in [0.5, 0.6) is 5.75 Å². The number of fused-ring (bicyclic) bond motifs is 1. The van der Waals surface area contributed by atoms with Gasteiger partial charge in [0, 0.05) is 19.0 Å². The maximum Gasteiger partial charge on any atom is 0.234 e. The van der Waals surface area contributed by atoms with E-state index >= 15 is 0 Å². The number of hydrogen-bond acceptors (Lipinski definition) is 5. The minimum atomic E-state index is 0.0287. The molecule has 2 heterocycles. The largest absolute Gasteiger partial charge is 0.497 e. The van der Waals surface area contributed by atoms with Crippen LogP contribution in [0.1, 0.15) is 30.2 Å². The van der Waals surface area contributed by atoms with E-state index in [2.05, 4.69) is 15.2 Å². The summed E-state index contributed by atoms with van der Waals surface area (Å²) in [6.07, 6.45) is 2.07. The second-order valence-corrected chi connectivity index (χ2v) is 7.22. The van der Waals surface area contributed by atoms with Crippen molar-refractivity contribution in [1.29, 1.82) is 0 Å².